The Balaban J connectivity index is 2.12. The highest BCUT2D eigenvalue weighted by Gasteiger charge is 2.06. The molecule has 0 aliphatic rings. The number of aromatic nitrogens is 2. The summed E-state index contributed by atoms with van der Waals surface area (Å²) in [5, 5.41) is 10.6. The summed E-state index contributed by atoms with van der Waals surface area (Å²) in [6.07, 6.45) is 1.71. The summed E-state index contributed by atoms with van der Waals surface area (Å²) in [7, 11) is 1.60. The van der Waals surface area contributed by atoms with Crippen molar-refractivity contribution in [3.8, 4) is 5.75 Å². The second-order valence-electron chi connectivity index (χ2n) is 3.26. The Labute approximate surface area is 98.6 Å². The number of halogens is 1. The quantitative estimate of drug-likeness (QED) is 0.860. The maximum atomic E-state index is 6.01. The van der Waals surface area contributed by atoms with Crippen molar-refractivity contribution in [2.24, 2.45) is 0 Å². The highest BCUT2D eigenvalue weighted by atomic mass is 35.5. The molecule has 4 nitrogen and oxygen atoms in total. The molecule has 0 bridgehead atoms. The largest absolute Gasteiger partial charge is 0.493 e. The zero-order chi connectivity index (χ0) is 11.4. The fourth-order valence-corrected chi connectivity index (χ4v) is 1.68. The van der Waals surface area contributed by atoms with Crippen molar-refractivity contribution in [3.05, 3.63) is 41.2 Å². The van der Waals surface area contributed by atoms with Gasteiger partial charge >= 0.3 is 0 Å². The van der Waals surface area contributed by atoms with Crippen molar-refractivity contribution in [2.75, 3.05) is 12.4 Å². The summed E-state index contributed by atoms with van der Waals surface area (Å²) < 4.78 is 5.23. The van der Waals surface area contributed by atoms with Gasteiger partial charge in [0.2, 0.25) is 0 Å². The van der Waals surface area contributed by atoms with E-state index in [2.05, 4.69) is 15.5 Å². The average Bonchev–Trinajstić information content (AvgIpc) is 2.79. The number of rotatable bonds is 4. The van der Waals surface area contributed by atoms with E-state index in [9.17, 15) is 0 Å². The van der Waals surface area contributed by atoms with E-state index in [0.717, 1.165) is 11.4 Å². The topological polar surface area (TPSA) is 49.9 Å². The first-order valence-corrected chi connectivity index (χ1v) is 5.23. The Kier molecular flexibility index (Phi) is 3.31. The lowest BCUT2D eigenvalue weighted by atomic mass is 10.3. The van der Waals surface area contributed by atoms with Crippen LogP contribution < -0.4 is 10.1 Å². The van der Waals surface area contributed by atoms with Crippen molar-refractivity contribution >= 4 is 17.3 Å². The van der Waals surface area contributed by atoms with Crippen LogP contribution in [0.1, 0.15) is 5.69 Å². The molecule has 1 aromatic carbocycles. The fraction of sp³-hybridized carbons (Fsp3) is 0.182. The predicted molar refractivity (Wildman–Crippen MR) is 63.9 cm³/mol. The molecule has 0 unspecified atom stereocenters. The number of aromatic amines is 1. The van der Waals surface area contributed by atoms with Crippen LogP contribution in [-0.4, -0.2) is 17.3 Å². The van der Waals surface area contributed by atoms with Gasteiger partial charge in [-0.2, -0.15) is 5.10 Å². The molecular weight excluding hydrogens is 226 g/mol. The number of H-pyrrole nitrogens is 1. The van der Waals surface area contributed by atoms with Crippen molar-refractivity contribution in [1.82, 2.24) is 10.2 Å². The zero-order valence-corrected chi connectivity index (χ0v) is 9.58. The Bertz CT molecular complexity index is 456. The Morgan fingerprint density at radius 2 is 2.31 bits per heavy atom. The van der Waals surface area contributed by atoms with Gasteiger partial charge in [-0.05, 0) is 18.2 Å². The molecule has 0 saturated carbocycles. The summed E-state index contributed by atoms with van der Waals surface area (Å²) in [6, 6.07) is 7.49. The molecule has 2 N–H and O–H groups in total. The average molecular weight is 238 g/mol. The van der Waals surface area contributed by atoms with Crippen LogP contribution in [0.4, 0.5) is 5.69 Å². The van der Waals surface area contributed by atoms with Gasteiger partial charge in [-0.1, -0.05) is 17.7 Å². The summed E-state index contributed by atoms with van der Waals surface area (Å²) in [5.74, 6) is 0.656. The molecule has 0 fully saturated rings. The lowest BCUT2D eigenvalue weighted by Gasteiger charge is -2.11. The lowest BCUT2D eigenvalue weighted by Crippen LogP contribution is -2.01. The van der Waals surface area contributed by atoms with Gasteiger partial charge in [0.1, 0.15) is 0 Å². The third-order valence-corrected chi connectivity index (χ3v) is 2.50. The Morgan fingerprint density at radius 1 is 1.44 bits per heavy atom. The van der Waals surface area contributed by atoms with Gasteiger partial charge in [-0.15, -0.1) is 0 Å². The number of hydrogen-bond donors (Lipinski definition) is 2. The maximum Gasteiger partial charge on any atom is 0.160 e. The number of hydrogen-bond acceptors (Lipinski definition) is 3. The van der Waals surface area contributed by atoms with Crippen molar-refractivity contribution in [1.29, 1.82) is 0 Å². The van der Waals surface area contributed by atoms with E-state index >= 15 is 0 Å². The first kappa shape index (κ1) is 10.8. The molecule has 16 heavy (non-hydrogen) atoms. The molecule has 0 atom stereocenters. The summed E-state index contributed by atoms with van der Waals surface area (Å²) in [6.45, 7) is 0.650. The minimum absolute atomic E-state index is 0.595. The third-order valence-electron chi connectivity index (χ3n) is 2.20. The Hall–Kier alpha value is -1.68. The maximum absolute atomic E-state index is 6.01. The number of benzene rings is 1. The van der Waals surface area contributed by atoms with E-state index in [1.165, 1.54) is 0 Å². The zero-order valence-electron chi connectivity index (χ0n) is 8.83. The monoisotopic (exact) mass is 237 g/mol. The van der Waals surface area contributed by atoms with E-state index in [4.69, 9.17) is 16.3 Å². The third kappa shape index (κ3) is 2.28. The van der Waals surface area contributed by atoms with Crippen LogP contribution in [-0.2, 0) is 6.54 Å². The van der Waals surface area contributed by atoms with E-state index < -0.39 is 0 Å². The first-order valence-electron chi connectivity index (χ1n) is 4.86. The smallest absolute Gasteiger partial charge is 0.160 e. The number of methoxy groups -OCH3 is 1. The standard InChI is InChI=1S/C11H12ClN3O/c1-16-11-9(12)3-2-4-10(11)13-7-8-5-6-14-15-8/h2-6,13H,7H2,1H3,(H,14,15). The van der Waals surface area contributed by atoms with Crippen LogP contribution >= 0.6 is 11.6 Å². The predicted octanol–water partition coefficient (Wildman–Crippen LogP) is 2.68. The number of nitrogens with zero attached hydrogens (tertiary/aromatic N) is 1. The van der Waals surface area contributed by atoms with Gasteiger partial charge in [-0.3, -0.25) is 5.10 Å². The van der Waals surface area contributed by atoms with Gasteiger partial charge in [0.05, 0.1) is 30.1 Å². The van der Waals surface area contributed by atoms with Crippen LogP contribution in [0.25, 0.3) is 0 Å². The summed E-state index contributed by atoms with van der Waals surface area (Å²) >= 11 is 6.01. The minimum Gasteiger partial charge on any atom is -0.493 e. The molecule has 0 amide bonds. The van der Waals surface area contributed by atoms with Gasteiger partial charge in [0, 0.05) is 6.20 Å². The van der Waals surface area contributed by atoms with Crippen LogP contribution in [0, 0.1) is 0 Å². The van der Waals surface area contributed by atoms with Crippen LogP contribution in [0.15, 0.2) is 30.5 Å². The molecule has 1 aromatic heterocycles. The van der Waals surface area contributed by atoms with E-state index in [-0.39, 0.29) is 0 Å². The Morgan fingerprint density at radius 3 is 3.00 bits per heavy atom. The number of nitrogens with one attached hydrogen (secondary N) is 2. The highest BCUT2D eigenvalue weighted by molar-refractivity contribution is 6.32. The number of ether oxygens (including phenoxy) is 1. The molecule has 84 valence electrons. The lowest BCUT2D eigenvalue weighted by molar-refractivity contribution is 0.416. The van der Waals surface area contributed by atoms with Crippen LogP contribution in [0.5, 0.6) is 5.75 Å². The molecule has 0 aliphatic heterocycles. The summed E-state index contributed by atoms with van der Waals surface area (Å²) in [4.78, 5) is 0. The number of para-hydroxylation sites is 1. The molecule has 0 saturated heterocycles. The molecule has 1 heterocycles. The van der Waals surface area contributed by atoms with Gasteiger partial charge in [0.15, 0.2) is 5.75 Å². The van der Waals surface area contributed by atoms with Crippen LogP contribution in [0.3, 0.4) is 0 Å². The minimum atomic E-state index is 0.595. The highest BCUT2D eigenvalue weighted by Crippen LogP contribution is 2.32. The van der Waals surface area contributed by atoms with Gasteiger partial charge < -0.3 is 10.1 Å². The van der Waals surface area contributed by atoms with Crippen molar-refractivity contribution in [2.45, 2.75) is 6.54 Å². The van der Waals surface area contributed by atoms with E-state index in [1.807, 2.05) is 18.2 Å². The fourth-order valence-electron chi connectivity index (χ4n) is 1.43. The second-order valence-corrected chi connectivity index (χ2v) is 3.66. The molecule has 0 radical (unpaired) electrons. The molecule has 0 aliphatic carbocycles. The molecule has 2 rings (SSSR count). The number of anilines is 1. The molecular formula is C11H12ClN3O. The van der Waals surface area contributed by atoms with Crippen molar-refractivity contribution in [3.63, 3.8) is 0 Å². The normalized spacial score (nSPS) is 10.1. The van der Waals surface area contributed by atoms with E-state index in [1.54, 1.807) is 19.4 Å². The molecule has 0 spiro atoms. The SMILES string of the molecule is COc1c(Cl)cccc1NCc1ccn[nH]1. The van der Waals surface area contributed by atoms with Gasteiger partial charge in [0.25, 0.3) is 0 Å². The van der Waals surface area contributed by atoms with Crippen molar-refractivity contribution < 1.29 is 4.74 Å². The first-order chi connectivity index (χ1) is 7.81. The summed E-state index contributed by atoms with van der Waals surface area (Å²) in [5.41, 5.74) is 1.87. The van der Waals surface area contributed by atoms with Crippen LogP contribution in [0.2, 0.25) is 5.02 Å². The molecule has 2 aromatic rings. The molecule has 5 heteroatoms. The van der Waals surface area contributed by atoms with Gasteiger partial charge in [-0.25, -0.2) is 0 Å². The van der Waals surface area contributed by atoms with E-state index in [0.29, 0.717) is 17.3 Å². The second kappa shape index (κ2) is 4.90.